The first kappa shape index (κ1) is 15.1. The smallest absolute Gasteiger partial charge is 0.356 e. The number of para-hydroxylation sites is 1. The molecule has 21 heavy (non-hydrogen) atoms. The predicted molar refractivity (Wildman–Crippen MR) is 79.5 cm³/mol. The molecule has 112 valence electrons. The highest BCUT2D eigenvalue weighted by atomic mass is 16.5. The molecule has 0 fully saturated rings. The van der Waals surface area contributed by atoms with Crippen molar-refractivity contribution in [3.63, 3.8) is 0 Å². The molecule has 6 heteroatoms. The summed E-state index contributed by atoms with van der Waals surface area (Å²) >= 11 is 0. The van der Waals surface area contributed by atoms with Crippen LogP contribution in [0.25, 0.3) is 11.3 Å². The van der Waals surface area contributed by atoms with Gasteiger partial charge in [-0.2, -0.15) is 5.10 Å². The van der Waals surface area contributed by atoms with Gasteiger partial charge in [-0.05, 0) is 26.2 Å². The maximum atomic E-state index is 11.1. The second-order valence-electron chi connectivity index (χ2n) is 5.08. The Balaban J connectivity index is 2.55. The molecule has 1 heterocycles. The van der Waals surface area contributed by atoms with Crippen molar-refractivity contribution in [1.82, 2.24) is 14.7 Å². The molecule has 0 amide bonds. The van der Waals surface area contributed by atoms with Gasteiger partial charge in [-0.3, -0.25) is 4.68 Å². The van der Waals surface area contributed by atoms with Crippen LogP contribution in [0.5, 0.6) is 5.75 Å². The number of aromatic nitrogens is 2. The molecule has 0 aliphatic rings. The number of aryl methyl sites for hydroxylation is 1. The van der Waals surface area contributed by atoms with Crippen LogP contribution in [0.15, 0.2) is 24.3 Å². The second-order valence-corrected chi connectivity index (χ2v) is 5.08. The third-order valence-corrected chi connectivity index (χ3v) is 3.16. The number of aromatic carboxylic acids is 1. The molecule has 0 unspecified atom stereocenters. The number of nitrogens with zero attached hydrogens (tertiary/aromatic N) is 3. The van der Waals surface area contributed by atoms with Crippen LogP contribution in [0.3, 0.4) is 0 Å². The molecular formula is C15H19N3O3. The van der Waals surface area contributed by atoms with Gasteiger partial charge in [0.05, 0.1) is 12.8 Å². The largest absolute Gasteiger partial charge is 0.496 e. The van der Waals surface area contributed by atoms with E-state index in [1.54, 1.807) is 24.9 Å². The van der Waals surface area contributed by atoms with Crippen LogP contribution in [0.1, 0.15) is 16.1 Å². The summed E-state index contributed by atoms with van der Waals surface area (Å²) in [6, 6.07) is 7.39. The molecule has 0 atom stereocenters. The van der Waals surface area contributed by atoms with Crippen LogP contribution < -0.4 is 4.74 Å². The number of carboxylic acid groups (broad SMARTS) is 1. The van der Waals surface area contributed by atoms with Gasteiger partial charge in [-0.1, -0.05) is 12.1 Å². The van der Waals surface area contributed by atoms with E-state index in [1.165, 1.54) is 0 Å². The van der Waals surface area contributed by atoms with Gasteiger partial charge in [0, 0.05) is 24.7 Å². The number of hydrogen-bond acceptors (Lipinski definition) is 4. The minimum absolute atomic E-state index is 0.0209. The minimum atomic E-state index is -1.04. The fourth-order valence-corrected chi connectivity index (χ4v) is 2.32. The molecule has 0 spiro atoms. The average molecular weight is 289 g/mol. The lowest BCUT2D eigenvalue weighted by Gasteiger charge is -2.16. The topological polar surface area (TPSA) is 67.6 Å². The summed E-state index contributed by atoms with van der Waals surface area (Å²) in [6.07, 6.45) is 0. The summed E-state index contributed by atoms with van der Waals surface area (Å²) in [4.78, 5) is 13.1. The van der Waals surface area contributed by atoms with Crippen molar-refractivity contribution >= 4 is 5.97 Å². The third-order valence-electron chi connectivity index (χ3n) is 3.16. The highest BCUT2D eigenvalue weighted by Crippen LogP contribution is 2.33. The van der Waals surface area contributed by atoms with Crippen molar-refractivity contribution < 1.29 is 14.6 Å². The molecule has 2 aromatic rings. The Morgan fingerprint density at radius 1 is 1.43 bits per heavy atom. The van der Waals surface area contributed by atoms with E-state index in [4.69, 9.17) is 9.84 Å². The molecule has 6 nitrogen and oxygen atoms in total. The average Bonchev–Trinajstić information content (AvgIpc) is 2.80. The number of carboxylic acids is 1. The molecule has 0 radical (unpaired) electrons. The molecule has 0 saturated heterocycles. The van der Waals surface area contributed by atoms with Crippen molar-refractivity contribution in [2.75, 3.05) is 21.2 Å². The van der Waals surface area contributed by atoms with E-state index in [-0.39, 0.29) is 5.69 Å². The SMILES string of the molecule is COc1c(CN(C)C)cccc1-c1cc(C(=O)O)nn1C. The van der Waals surface area contributed by atoms with E-state index >= 15 is 0 Å². The number of hydrogen-bond donors (Lipinski definition) is 1. The van der Waals surface area contributed by atoms with E-state index in [0.717, 1.165) is 23.4 Å². The standard InChI is InChI=1S/C15H19N3O3/c1-17(2)9-10-6-5-7-11(14(10)21-4)13-8-12(15(19)20)16-18(13)3/h5-8H,9H2,1-4H3,(H,19,20). The second kappa shape index (κ2) is 5.97. The van der Waals surface area contributed by atoms with Crippen LogP contribution in [0.2, 0.25) is 0 Å². The zero-order chi connectivity index (χ0) is 15.6. The van der Waals surface area contributed by atoms with Crippen LogP contribution in [-0.4, -0.2) is 47.0 Å². The van der Waals surface area contributed by atoms with Crippen LogP contribution in [0.4, 0.5) is 0 Å². The van der Waals surface area contributed by atoms with Gasteiger partial charge in [0.15, 0.2) is 5.69 Å². The molecule has 2 rings (SSSR count). The van der Waals surface area contributed by atoms with Gasteiger partial charge >= 0.3 is 5.97 Å². The highest BCUT2D eigenvalue weighted by Gasteiger charge is 2.17. The van der Waals surface area contributed by atoms with Crippen molar-refractivity contribution in [1.29, 1.82) is 0 Å². The Morgan fingerprint density at radius 3 is 2.67 bits per heavy atom. The van der Waals surface area contributed by atoms with E-state index < -0.39 is 5.97 Å². The zero-order valence-corrected chi connectivity index (χ0v) is 12.6. The number of carbonyl (C=O) groups is 1. The van der Waals surface area contributed by atoms with Gasteiger partial charge in [-0.25, -0.2) is 4.79 Å². The normalized spacial score (nSPS) is 10.9. The molecular weight excluding hydrogens is 270 g/mol. The monoisotopic (exact) mass is 289 g/mol. The molecule has 0 saturated carbocycles. The van der Waals surface area contributed by atoms with Gasteiger partial charge in [0.25, 0.3) is 0 Å². The summed E-state index contributed by atoms with van der Waals surface area (Å²) in [6.45, 7) is 0.737. The van der Waals surface area contributed by atoms with Crippen molar-refractivity contribution in [2.24, 2.45) is 7.05 Å². The van der Waals surface area contributed by atoms with E-state index in [0.29, 0.717) is 5.69 Å². The zero-order valence-electron chi connectivity index (χ0n) is 12.6. The summed E-state index contributed by atoms with van der Waals surface area (Å²) in [5, 5.41) is 13.1. The number of rotatable bonds is 5. The summed E-state index contributed by atoms with van der Waals surface area (Å²) in [5.74, 6) is -0.300. The Hall–Kier alpha value is -2.34. The van der Waals surface area contributed by atoms with Crippen LogP contribution in [-0.2, 0) is 13.6 Å². The maximum absolute atomic E-state index is 11.1. The van der Waals surface area contributed by atoms with Gasteiger partial charge in [0.2, 0.25) is 0 Å². The molecule has 1 aromatic heterocycles. The van der Waals surface area contributed by atoms with Gasteiger partial charge in [0.1, 0.15) is 5.75 Å². The predicted octanol–water partition coefficient (Wildman–Crippen LogP) is 1.86. The van der Waals surface area contributed by atoms with E-state index in [9.17, 15) is 4.79 Å². The van der Waals surface area contributed by atoms with Crippen molar-refractivity contribution in [2.45, 2.75) is 6.54 Å². The summed E-state index contributed by atoms with van der Waals surface area (Å²) in [7, 11) is 7.31. The highest BCUT2D eigenvalue weighted by molar-refractivity contribution is 5.87. The minimum Gasteiger partial charge on any atom is -0.496 e. The molecule has 0 aliphatic heterocycles. The quantitative estimate of drug-likeness (QED) is 0.910. The Bertz CT molecular complexity index is 662. The molecule has 1 aromatic carbocycles. The van der Waals surface area contributed by atoms with E-state index in [2.05, 4.69) is 5.10 Å². The molecule has 0 aliphatic carbocycles. The maximum Gasteiger partial charge on any atom is 0.356 e. The van der Waals surface area contributed by atoms with E-state index in [1.807, 2.05) is 37.2 Å². The Morgan fingerprint density at radius 2 is 2.14 bits per heavy atom. The van der Waals surface area contributed by atoms with Crippen molar-refractivity contribution in [3.8, 4) is 17.0 Å². The van der Waals surface area contributed by atoms with Crippen LogP contribution >= 0.6 is 0 Å². The number of ether oxygens (including phenoxy) is 1. The van der Waals surface area contributed by atoms with Gasteiger partial charge < -0.3 is 14.7 Å². The Kier molecular flexibility index (Phi) is 4.28. The number of methoxy groups -OCH3 is 1. The lowest BCUT2D eigenvalue weighted by molar-refractivity contribution is 0.0689. The van der Waals surface area contributed by atoms with Crippen LogP contribution in [0, 0.1) is 0 Å². The third kappa shape index (κ3) is 3.05. The fraction of sp³-hybridized carbons (Fsp3) is 0.333. The summed E-state index contributed by atoms with van der Waals surface area (Å²) < 4.78 is 7.10. The van der Waals surface area contributed by atoms with Gasteiger partial charge in [-0.15, -0.1) is 0 Å². The molecule has 1 N–H and O–H groups in total. The summed E-state index contributed by atoms with van der Waals surface area (Å²) in [5.41, 5.74) is 2.61. The fourth-order valence-electron chi connectivity index (χ4n) is 2.32. The Labute approximate surface area is 123 Å². The first-order valence-electron chi connectivity index (χ1n) is 6.52. The lowest BCUT2D eigenvalue weighted by atomic mass is 10.0. The first-order valence-corrected chi connectivity index (χ1v) is 6.52. The van der Waals surface area contributed by atoms with Crippen molar-refractivity contribution in [3.05, 3.63) is 35.5 Å². The molecule has 0 bridgehead atoms. The lowest BCUT2D eigenvalue weighted by Crippen LogP contribution is -2.12. The first-order chi connectivity index (χ1) is 9.93. The number of benzene rings is 1.